The van der Waals surface area contributed by atoms with Crippen LogP contribution in [0.5, 0.6) is 0 Å². The van der Waals surface area contributed by atoms with Crippen molar-refractivity contribution in [1.29, 1.82) is 0 Å². The summed E-state index contributed by atoms with van der Waals surface area (Å²) in [5, 5.41) is 5.44. The summed E-state index contributed by atoms with van der Waals surface area (Å²) in [7, 11) is 0. The van der Waals surface area contributed by atoms with Crippen LogP contribution in [0.3, 0.4) is 0 Å². The molecule has 0 aliphatic rings. The third kappa shape index (κ3) is 3.08. The molecule has 0 saturated heterocycles. The number of carbonyl (C=O) groups is 3. The maximum Gasteiger partial charge on any atom is 0.313 e. The van der Waals surface area contributed by atoms with E-state index in [9.17, 15) is 14.4 Å². The number of para-hydroxylation sites is 1. The zero-order valence-corrected chi connectivity index (χ0v) is 12.3. The summed E-state index contributed by atoms with van der Waals surface area (Å²) >= 11 is 0. The van der Waals surface area contributed by atoms with Crippen molar-refractivity contribution in [3.8, 4) is 0 Å². The monoisotopic (exact) mass is 303 g/mol. The smallest absolute Gasteiger partial charge is 0.313 e. The standard InChI is InChI=1S/C15H17N3O4/c1-3-8(2)17-14(20)15(21)18-11-9-6-4-5-7-10(9)22-12(11)13(16)19/h4-8H,3H2,1-2H3,(H2,16,19)(H,17,20)(H,18,21)/t8-/m0/s1. The van der Waals surface area contributed by atoms with E-state index < -0.39 is 17.7 Å². The van der Waals surface area contributed by atoms with E-state index in [-0.39, 0.29) is 17.5 Å². The van der Waals surface area contributed by atoms with E-state index in [1.807, 2.05) is 6.92 Å². The zero-order valence-electron chi connectivity index (χ0n) is 12.3. The zero-order chi connectivity index (χ0) is 16.3. The summed E-state index contributed by atoms with van der Waals surface area (Å²) in [6.07, 6.45) is 0.695. The molecule has 0 radical (unpaired) electrons. The fourth-order valence-electron chi connectivity index (χ4n) is 1.90. The number of hydrogen-bond donors (Lipinski definition) is 3. The van der Waals surface area contributed by atoms with Crippen molar-refractivity contribution in [1.82, 2.24) is 5.32 Å². The van der Waals surface area contributed by atoms with E-state index >= 15 is 0 Å². The van der Waals surface area contributed by atoms with Gasteiger partial charge in [0.05, 0.1) is 0 Å². The SMILES string of the molecule is CC[C@H](C)NC(=O)C(=O)Nc1c(C(N)=O)oc2ccccc12. The summed E-state index contributed by atoms with van der Waals surface area (Å²) in [6, 6.07) is 6.61. The number of benzene rings is 1. The van der Waals surface area contributed by atoms with Crippen LogP contribution in [-0.2, 0) is 9.59 Å². The molecule has 116 valence electrons. The van der Waals surface area contributed by atoms with Gasteiger partial charge in [-0.1, -0.05) is 19.1 Å². The van der Waals surface area contributed by atoms with Crippen molar-refractivity contribution in [2.75, 3.05) is 5.32 Å². The minimum Gasteiger partial charge on any atom is -0.449 e. The molecule has 0 spiro atoms. The Balaban J connectivity index is 2.30. The number of carbonyl (C=O) groups excluding carboxylic acids is 3. The summed E-state index contributed by atoms with van der Waals surface area (Å²) in [5.41, 5.74) is 5.75. The first-order valence-electron chi connectivity index (χ1n) is 6.87. The number of anilines is 1. The Hall–Kier alpha value is -2.83. The number of nitrogens with two attached hydrogens (primary N) is 1. The van der Waals surface area contributed by atoms with Crippen LogP contribution in [0.2, 0.25) is 0 Å². The maximum atomic E-state index is 12.0. The van der Waals surface area contributed by atoms with E-state index in [0.717, 1.165) is 0 Å². The number of nitrogens with one attached hydrogen (secondary N) is 2. The lowest BCUT2D eigenvalue weighted by Crippen LogP contribution is -2.40. The Morgan fingerprint density at radius 1 is 1.23 bits per heavy atom. The van der Waals surface area contributed by atoms with Gasteiger partial charge in [-0.2, -0.15) is 0 Å². The molecule has 22 heavy (non-hydrogen) atoms. The normalized spacial score (nSPS) is 11.9. The molecule has 1 aromatic carbocycles. The van der Waals surface area contributed by atoms with Gasteiger partial charge >= 0.3 is 11.8 Å². The van der Waals surface area contributed by atoms with E-state index in [2.05, 4.69) is 10.6 Å². The molecule has 1 heterocycles. The number of primary amides is 1. The largest absolute Gasteiger partial charge is 0.449 e. The molecule has 4 N–H and O–H groups in total. The van der Waals surface area contributed by atoms with Crippen LogP contribution in [-0.4, -0.2) is 23.8 Å². The third-order valence-electron chi connectivity index (χ3n) is 3.25. The van der Waals surface area contributed by atoms with Crippen molar-refractivity contribution in [2.24, 2.45) is 5.73 Å². The summed E-state index contributed by atoms with van der Waals surface area (Å²) in [4.78, 5) is 35.2. The molecule has 0 bridgehead atoms. The number of furan rings is 1. The molecular formula is C15H17N3O4. The quantitative estimate of drug-likeness (QED) is 0.740. The fraction of sp³-hybridized carbons (Fsp3) is 0.267. The van der Waals surface area contributed by atoms with Crippen molar-refractivity contribution in [3.63, 3.8) is 0 Å². The first-order valence-corrected chi connectivity index (χ1v) is 6.87. The average molecular weight is 303 g/mol. The Morgan fingerprint density at radius 2 is 1.91 bits per heavy atom. The Morgan fingerprint density at radius 3 is 2.55 bits per heavy atom. The lowest BCUT2D eigenvalue weighted by atomic mass is 10.2. The fourth-order valence-corrected chi connectivity index (χ4v) is 1.90. The maximum absolute atomic E-state index is 12.0. The van der Waals surface area contributed by atoms with Gasteiger partial charge in [-0.05, 0) is 25.5 Å². The highest BCUT2D eigenvalue weighted by Gasteiger charge is 2.23. The van der Waals surface area contributed by atoms with Crippen molar-refractivity contribution in [3.05, 3.63) is 30.0 Å². The predicted octanol–water partition coefficient (Wildman–Crippen LogP) is 1.38. The lowest BCUT2D eigenvalue weighted by Gasteiger charge is -2.11. The molecule has 2 rings (SSSR count). The van der Waals surface area contributed by atoms with Crippen LogP contribution in [0.4, 0.5) is 5.69 Å². The third-order valence-corrected chi connectivity index (χ3v) is 3.25. The Labute approximate surface area is 126 Å². The molecule has 3 amide bonds. The molecule has 7 heteroatoms. The van der Waals surface area contributed by atoms with Gasteiger partial charge in [-0.15, -0.1) is 0 Å². The highest BCUT2D eigenvalue weighted by atomic mass is 16.3. The topological polar surface area (TPSA) is 114 Å². The summed E-state index contributed by atoms with van der Waals surface area (Å²) < 4.78 is 5.32. The molecule has 0 aliphatic carbocycles. The minimum absolute atomic E-state index is 0.104. The molecule has 0 saturated carbocycles. The van der Waals surface area contributed by atoms with Gasteiger partial charge in [0.25, 0.3) is 5.91 Å². The lowest BCUT2D eigenvalue weighted by molar-refractivity contribution is -0.136. The van der Waals surface area contributed by atoms with E-state index in [0.29, 0.717) is 17.4 Å². The molecule has 0 unspecified atom stereocenters. The molecule has 7 nitrogen and oxygen atoms in total. The van der Waals surface area contributed by atoms with Crippen LogP contribution in [0.15, 0.2) is 28.7 Å². The minimum atomic E-state index is -0.880. The molecule has 1 aromatic heterocycles. The van der Waals surface area contributed by atoms with Crippen molar-refractivity contribution in [2.45, 2.75) is 26.3 Å². The average Bonchev–Trinajstić information content (AvgIpc) is 2.86. The van der Waals surface area contributed by atoms with E-state index in [1.165, 1.54) is 0 Å². The molecule has 1 atom stereocenters. The summed E-state index contributed by atoms with van der Waals surface area (Å²) in [6.45, 7) is 3.67. The van der Waals surface area contributed by atoms with Crippen LogP contribution >= 0.6 is 0 Å². The van der Waals surface area contributed by atoms with Gasteiger partial charge in [-0.3, -0.25) is 14.4 Å². The van der Waals surface area contributed by atoms with Crippen LogP contribution in [0, 0.1) is 0 Å². The second-order valence-corrected chi connectivity index (χ2v) is 4.90. The Kier molecular flexibility index (Phi) is 4.45. The van der Waals surface area contributed by atoms with E-state index in [4.69, 9.17) is 10.2 Å². The van der Waals surface area contributed by atoms with Gasteiger partial charge in [0.2, 0.25) is 5.76 Å². The van der Waals surface area contributed by atoms with Crippen LogP contribution in [0.1, 0.15) is 30.8 Å². The highest BCUT2D eigenvalue weighted by molar-refractivity contribution is 6.40. The van der Waals surface area contributed by atoms with Crippen LogP contribution in [0.25, 0.3) is 11.0 Å². The predicted molar refractivity (Wildman–Crippen MR) is 81.3 cm³/mol. The van der Waals surface area contributed by atoms with Crippen LogP contribution < -0.4 is 16.4 Å². The van der Waals surface area contributed by atoms with Crippen molar-refractivity contribution >= 4 is 34.4 Å². The van der Waals surface area contributed by atoms with Gasteiger partial charge in [0.1, 0.15) is 11.3 Å². The second-order valence-electron chi connectivity index (χ2n) is 4.90. The molecule has 0 aliphatic heterocycles. The van der Waals surface area contributed by atoms with Gasteiger partial charge in [0, 0.05) is 11.4 Å². The number of rotatable bonds is 4. The number of hydrogen-bond acceptors (Lipinski definition) is 4. The Bertz CT molecular complexity index is 735. The number of fused-ring (bicyclic) bond motifs is 1. The second kappa shape index (κ2) is 6.30. The summed E-state index contributed by atoms with van der Waals surface area (Å²) in [5.74, 6) is -2.68. The van der Waals surface area contributed by atoms with E-state index in [1.54, 1.807) is 31.2 Å². The highest BCUT2D eigenvalue weighted by Crippen LogP contribution is 2.30. The van der Waals surface area contributed by atoms with Crippen molar-refractivity contribution < 1.29 is 18.8 Å². The van der Waals surface area contributed by atoms with Gasteiger partial charge < -0.3 is 20.8 Å². The molecule has 0 fully saturated rings. The number of amides is 3. The van der Waals surface area contributed by atoms with Gasteiger partial charge in [0.15, 0.2) is 0 Å². The molecule has 2 aromatic rings. The first kappa shape index (κ1) is 15.6. The van der Waals surface area contributed by atoms with Gasteiger partial charge in [-0.25, -0.2) is 0 Å². The first-order chi connectivity index (χ1) is 10.4. The molecular weight excluding hydrogens is 286 g/mol.